The molecule has 18 rings (SSSR count). The Morgan fingerprint density at radius 3 is 0.211 bits per heavy atom. The summed E-state index contributed by atoms with van der Waals surface area (Å²) in [6, 6.07) is 0. The third-order valence-corrected chi connectivity index (χ3v) is 168. The van der Waals surface area contributed by atoms with E-state index in [1.165, 1.54) is 0 Å². The van der Waals surface area contributed by atoms with Gasteiger partial charge in [0.25, 0.3) is 0 Å². The number of fused-ring (bicyclic) bond motifs is 22. The Balaban J connectivity index is 0.000000126. The van der Waals surface area contributed by atoms with E-state index in [0.717, 1.165) is 0 Å². The van der Waals surface area contributed by atoms with Crippen molar-refractivity contribution in [2.75, 3.05) is 14.2 Å². The molecule has 123 heavy (non-hydrogen) atoms. The smallest absolute Gasteiger partial charge is 0.416 e. The van der Waals surface area contributed by atoms with Gasteiger partial charge in [0.15, 0.2) is 0 Å². The summed E-state index contributed by atoms with van der Waals surface area (Å²) in [6.07, 6.45) is 0. The van der Waals surface area contributed by atoms with Crippen molar-refractivity contribution >= 4 is 299 Å². The van der Waals surface area contributed by atoms with E-state index in [1.807, 2.05) is 39.3 Å². The van der Waals surface area contributed by atoms with Crippen LogP contribution < -0.4 is 0 Å². The lowest BCUT2D eigenvalue weighted by molar-refractivity contribution is -0.0231. The molecule has 18 fully saturated rings. The van der Waals surface area contributed by atoms with Crippen LogP contribution in [0.1, 0.15) is 0 Å². The van der Waals surface area contributed by atoms with Crippen molar-refractivity contribution in [1.82, 2.24) is 0 Å². The van der Waals surface area contributed by atoms with E-state index in [1.54, 1.807) is 211 Å². The van der Waals surface area contributed by atoms with E-state index < -0.39 is 299 Å². The van der Waals surface area contributed by atoms with Gasteiger partial charge in [0.2, 0.25) is 0 Å². The average molecular weight is 2340 g/mol. The Morgan fingerprint density at radius 2 is 0.154 bits per heavy atom. The molecule has 0 aliphatic carbocycles. The van der Waals surface area contributed by atoms with Gasteiger partial charge in [-0.25, -0.2) is 0 Å². The topological polar surface area (TPSA) is 471 Å². The molecule has 18 aliphatic heterocycles. The van der Waals surface area contributed by atoms with Crippen LogP contribution in [0.3, 0.4) is 0 Å². The van der Waals surface area contributed by atoms with E-state index in [4.69, 9.17) is 210 Å². The Bertz CT molecular complexity index is 3320. The van der Waals surface area contributed by atoms with Gasteiger partial charge in [-0.1, -0.05) is 0 Å². The highest BCUT2D eigenvalue weighted by atomic mass is 28.7. The second-order valence-corrected chi connectivity index (χ2v) is 137. The standard InChI is InChI=1S/C12H36O18Si12.C10H30O15Si10.C8H24O12Si8.C8H24O6Si4/c1-31-13-32(2)21-35(5)14-33(3,19-31)23-37(7)16-39(9,25-35)29-42(12)18-41(11,27-37)28-38(8)17-40(10,30-42)26-36(6,22-32)15-34(4,20-31)24-38;1-26-11-27(2)18-30(5)12-28(3,16-26)20-32(7)14-34(9,22-30)25-35(10)15-33(8,24-32)21-29(4,17-26)13-31(6,19-27)23-35;1-21-9-22(2)12-25(5)14-23(3,10-21)16-27(7)17-24(4,11-21)15-26(6,13-22)19-28(8,18-25)20-27;1-9-17(7)12-15(3,4)11-16(5,6)13-18(8,10-2)14-17/h1-12H3;1-10H3;1-8H3;1-8H3. The van der Waals surface area contributed by atoms with Crippen molar-refractivity contribution in [1.29, 1.82) is 0 Å². The quantitative estimate of drug-likeness (QED) is 0.331. The maximum atomic E-state index is 6.74. The van der Waals surface area contributed by atoms with Gasteiger partial charge in [-0.05, 0) is 26.2 Å². The summed E-state index contributed by atoms with van der Waals surface area (Å²) in [6.45, 7) is 63.2. The van der Waals surface area contributed by atoms with Crippen LogP contribution in [0.4, 0.5) is 0 Å². The fourth-order valence-electron chi connectivity index (χ4n) is 19.1. The van der Waals surface area contributed by atoms with Crippen molar-refractivity contribution in [3.05, 3.63) is 0 Å². The molecule has 18 saturated heterocycles. The summed E-state index contributed by atoms with van der Waals surface area (Å²) in [5.41, 5.74) is 0. The highest BCUT2D eigenvalue weighted by molar-refractivity contribution is 7.08. The van der Waals surface area contributed by atoms with E-state index in [2.05, 4.69) is 0 Å². The second-order valence-electron chi connectivity index (χ2n) is 35.8. The summed E-state index contributed by atoms with van der Waals surface area (Å²) in [5.74, 6) is 0. The molecular weight excluding hydrogens is 2230 g/mol. The summed E-state index contributed by atoms with van der Waals surface area (Å²) in [5, 5.41) is 0. The summed E-state index contributed by atoms with van der Waals surface area (Å²) in [4.78, 5) is 0. The molecule has 51 nitrogen and oxygen atoms in total. The summed E-state index contributed by atoms with van der Waals surface area (Å²) < 4.78 is 332. The zero-order valence-corrected chi connectivity index (χ0v) is 110. The molecule has 708 valence electrons. The van der Waals surface area contributed by atoms with E-state index in [0.29, 0.717) is 0 Å². The molecule has 30 bridgehead atoms. The third kappa shape index (κ3) is 21.5. The van der Waals surface area contributed by atoms with Crippen LogP contribution >= 0.6 is 0 Å². The van der Waals surface area contributed by atoms with E-state index in [-0.39, 0.29) is 0 Å². The lowest BCUT2D eigenvalue weighted by atomic mass is 11.8. The molecule has 0 saturated carbocycles. The fourth-order valence-corrected chi connectivity index (χ4v) is 207. The minimum absolute atomic E-state index is 1.59. The van der Waals surface area contributed by atoms with E-state index in [9.17, 15) is 0 Å². The monoisotopic (exact) mass is 2340 g/mol. The zero-order valence-electron chi connectivity index (χ0n) is 75.8. The van der Waals surface area contributed by atoms with Crippen LogP contribution in [0.15, 0.2) is 0 Å². The van der Waals surface area contributed by atoms with Crippen LogP contribution in [0.25, 0.3) is 0 Å². The van der Waals surface area contributed by atoms with Crippen LogP contribution in [0.5, 0.6) is 0 Å². The highest BCUT2D eigenvalue weighted by Crippen LogP contribution is 2.55. The molecular formula is C38H114O51Si34. The van der Waals surface area contributed by atoms with Gasteiger partial charge in [0.1, 0.15) is 0 Å². The molecule has 18 heterocycles. The molecule has 0 spiro atoms. The lowest BCUT2D eigenvalue weighted by Crippen LogP contribution is -2.86. The average Bonchev–Trinajstić information content (AvgIpc) is 0.709. The normalized spacial score (nSPS) is 62.2. The SMILES string of the molecule is CO[Si]1(C)O[Si](C)(C)O[Si](C)(C)O[Si](C)(OC)O1.C[Si]12O[Si]3(C)O[Si]4(C)O[Si](C)(O1)O[Si]1(C)O[Si](C)(O2)O[Si](C)(O3)O[Si](C)(O4)O1.C[Si]12O[Si]3(C)O[Si]4(C)O[Si](C)(O1)O[Si]1(C)O[Si](C)(O4)O[Si]4(C)O[Si](C)(O1)O[Si]1(C)O[Si](C)(O[Si](C)(O[Si](C)(O2)O1)O3)O4.C[Si]12O[Si]3(C)O[Si]4(C)O[Si](C)(O1)O[Si]1(C)O[Si](C)(O4)O[Si]4(C)O[Si](C)(O[Si](C)(O[Si](C)(O3)O4)O2)O1. The fraction of sp³-hybridized carbons (Fsp3) is 1.00. The van der Waals surface area contributed by atoms with Crippen molar-refractivity contribution < 1.29 is 210 Å². The minimum atomic E-state index is -3.85. The van der Waals surface area contributed by atoms with Crippen LogP contribution in [0.2, 0.25) is 236 Å². The number of hydrogen-bond donors (Lipinski definition) is 0. The molecule has 2 atom stereocenters. The molecule has 0 aromatic heterocycles. The molecule has 0 N–H and O–H groups in total. The van der Waals surface area contributed by atoms with Gasteiger partial charge in [-0.2, -0.15) is 0 Å². The Kier molecular flexibility index (Phi) is 24.7. The molecule has 0 aromatic rings. The van der Waals surface area contributed by atoms with Gasteiger partial charge in [-0.3, -0.25) is 0 Å². The molecule has 85 heteroatoms. The molecule has 18 aliphatic rings. The maximum Gasteiger partial charge on any atom is 0.481 e. The third-order valence-electron chi connectivity index (χ3n) is 19.2. The molecule has 0 radical (unpaired) electrons. The van der Waals surface area contributed by atoms with Crippen molar-refractivity contribution in [3.63, 3.8) is 0 Å². The molecule has 0 amide bonds. The summed E-state index contributed by atoms with van der Waals surface area (Å²) >= 11 is 0. The zero-order chi connectivity index (χ0) is 91.1. The summed E-state index contributed by atoms with van der Waals surface area (Å²) in [7, 11) is -117. The molecule has 0 aromatic carbocycles. The maximum absolute atomic E-state index is 6.74. The van der Waals surface area contributed by atoms with Crippen molar-refractivity contribution in [2.45, 2.75) is 236 Å². The van der Waals surface area contributed by atoms with Crippen molar-refractivity contribution in [3.8, 4) is 0 Å². The first-order chi connectivity index (χ1) is 54.8. The first-order valence-electron chi connectivity index (χ1n) is 39.2. The second kappa shape index (κ2) is 30.0. The van der Waals surface area contributed by atoms with Crippen LogP contribution in [0, 0.1) is 0 Å². The van der Waals surface area contributed by atoms with Crippen molar-refractivity contribution in [2.24, 2.45) is 0 Å². The van der Waals surface area contributed by atoms with Crippen LogP contribution in [-0.2, 0) is 210 Å². The van der Waals surface area contributed by atoms with Gasteiger partial charge in [0, 0.05) is 224 Å². The lowest BCUT2D eigenvalue weighted by Gasteiger charge is -2.60. The highest BCUT2D eigenvalue weighted by Gasteiger charge is 2.85. The first-order valence-corrected chi connectivity index (χ1v) is 116. The predicted octanol–water partition coefficient (Wildman–Crippen LogP) is 4.91. The van der Waals surface area contributed by atoms with Gasteiger partial charge < -0.3 is 210 Å². The first kappa shape index (κ1) is 101. The Morgan fingerprint density at radius 1 is 0.0894 bits per heavy atom. The van der Waals surface area contributed by atoms with Gasteiger partial charge >= 0.3 is 299 Å². The van der Waals surface area contributed by atoms with Gasteiger partial charge in [0.05, 0.1) is 0 Å². The number of hydrogen-bond acceptors (Lipinski definition) is 51. The van der Waals surface area contributed by atoms with Gasteiger partial charge in [-0.15, -0.1) is 0 Å². The minimum Gasteiger partial charge on any atom is -0.416 e. The predicted molar refractivity (Wildman–Crippen MR) is 474 cm³/mol. The Hall–Kier alpha value is 5.33. The molecule has 2 unspecified atom stereocenters. The Labute approximate surface area is 752 Å². The largest absolute Gasteiger partial charge is 0.481 e. The van der Waals surface area contributed by atoms with E-state index >= 15 is 0 Å². The van der Waals surface area contributed by atoms with Crippen LogP contribution in [-0.4, -0.2) is 313 Å². The number of rotatable bonds is 2.